The molecule has 0 spiro atoms. The van der Waals surface area contributed by atoms with Crippen molar-refractivity contribution in [2.75, 3.05) is 12.4 Å². The normalized spacial score (nSPS) is 10.6. The van der Waals surface area contributed by atoms with Crippen LogP contribution in [0.15, 0.2) is 59.4 Å². The van der Waals surface area contributed by atoms with Crippen LogP contribution in [0.1, 0.15) is 10.5 Å². The number of thiazole rings is 2. The van der Waals surface area contributed by atoms with Crippen molar-refractivity contribution in [3.05, 3.63) is 65.1 Å². The van der Waals surface area contributed by atoms with E-state index in [0.29, 0.717) is 10.8 Å². The SMILES string of the molecule is COc1ccc(-c2nc(C(=O)Nc3nc(-c4ccccn4)cs3)cs2)cc1. The van der Waals surface area contributed by atoms with Crippen LogP contribution in [0.2, 0.25) is 0 Å². The molecule has 3 heterocycles. The molecule has 3 aromatic heterocycles. The maximum Gasteiger partial charge on any atom is 0.276 e. The highest BCUT2D eigenvalue weighted by molar-refractivity contribution is 7.14. The van der Waals surface area contributed by atoms with Gasteiger partial charge in [0, 0.05) is 22.5 Å². The number of rotatable bonds is 5. The molecule has 1 aromatic carbocycles. The Balaban J connectivity index is 1.47. The van der Waals surface area contributed by atoms with Crippen LogP contribution in [0.3, 0.4) is 0 Å². The molecule has 0 aliphatic rings. The summed E-state index contributed by atoms with van der Waals surface area (Å²) in [7, 11) is 1.62. The van der Waals surface area contributed by atoms with Crippen LogP contribution in [-0.4, -0.2) is 28.0 Å². The summed E-state index contributed by atoms with van der Waals surface area (Å²) in [6.07, 6.45) is 1.71. The van der Waals surface area contributed by atoms with Crippen molar-refractivity contribution in [2.24, 2.45) is 0 Å². The van der Waals surface area contributed by atoms with Crippen molar-refractivity contribution in [1.29, 1.82) is 0 Å². The molecule has 1 N–H and O–H groups in total. The van der Waals surface area contributed by atoms with Gasteiger partial charge in [-0.2, -0.15) is 0 Å². The zero-order valence-electron chi connectivity index (χ0n) is 14.2. The van der Waals surface area contributed by atoms with Crippen molar-refractivity contribution in [1.82, 2.24) is 15.0 Å². The third-order valence-corrected chi connectivity index (χ3v) is 5.37. The van der Waals surface area contributed by atoms with Gasteiger partial charge in [0.1, 0.15) is 22.1 Å². The molecule has 0 fully saturated rings. The molecule has 4 aromatic rings. The standard InChI is InChI=1S/C19H14N4O2S2/c1-25-13-7-5-12(6-8-13)18-21-16(11-26-18)17(24)23-19-22-15(10-27-19)14-4-2-3-9-20-14/h2-11H,1H3,(H,22,23,24). The number of hydrogen-bond acceptors (Lipinski definition) is 7. The first kappa shape index (κ1) is 17.3. The minimum absolute atomic E-state index is 0.284. The number of nitrogens with one attached hydrogen (secondary N) is 1. The maximum atomic E-state index is 12.5. The molecule has 0 saturated heterocycles. The molecule has 6 nitrogen and oxygen atoms in total. The predicted molar refractivity (Wildman–Crippen MR) is 107 cm³/mol. The average molecular weight is 394 g/mol. The number of hydrogen-bond donors (Lipinski definition) is 1. The number of carbonyl (C=O) groups is 1. The highest BCUT2D eigenvalue weighted by Gasteiger charge is 2.14. The van der Waals surface area contributed by atoms with Gasteiger partial charge in [0.25, 0.3) is 5.91 Å². The van der Waals surface area contributed by atoms with Gasteiger partial charge in [0.2, 0.25) is 0 Å². The molecule has 0 atom stereocenters. The van der Waals surface area contributed by atoms with Crippen LogP contribution in [0.5, 0.6) is 5.75 Å². The fourth-order valence-corrected chi connectivity index (χ4v) is 3.87. The van der Waals surface area contributed by atoms with Crippen molar-refractivity contribution >= 4 is 33.7 Å². The first-order valence-corrected chi connectivity index (χ1v) is 9.77. The molecule has 134 valence electrons. The van der Waals surface area contributed by atoms with Crippen LogP contribution in [0.25, 0.3) is 22.0 Å². The minimum atomic E-state index is -0.284. The molecule has 8 heteroatoms. The Bertz CT molecular complexity index is 1060. The fourth-order valence-electron chi connectivity index (χ4n) is 2.37. The zero-order chi connectivity index (χ0) is 18.6. The summed E-state index contributed by atoms with van der Waals surface area (Å²) >= 11 is 2.77. The first-order chi connectivity index (χ1) is 13.2. The van der Waals surface area contributed by atoms with Crippen LogP contribution >= 0.6 is 22.7 Å². The number of anilines is 1. The van der Waals surface area contributed by atoms with Gasteiger partial charge in [-0.15, -0.1) is 22.7 Å². The summed E-state index contributed by atoms with van der Waals surface area (Å²) < 4.78 is 5.16. The van der Waals surface area contributed by atoms with Gasteiger partial charge in [0.05, 0.1) is 12.8 Å². The molecule has 0 saturated carbocycles. The summed E-state index contributed by atoms with van der Waals surface area (Å²) in [6, 6.07) is 13.2. The van der Waals surface area contributed by atoms with Gasteiger partial charge in [0.15, 0.2) is 5.13 Å². The molecule has 0 aliphatic heterocycles. The Morgan fingerprint density at radius 2 is 1.85 bits per heavy atom. The highest BCUT2D eigenvalue weighted by Crippen LogP contribution is 2.27. The number of aromatic nitrogens is 3. The Morgan fingerprint density at radius 1 is 1.00 bits per heavy atom. The minimum Gasteiger partial charge on any atom is -0.497 e. The van der Waals surface area contributed by atoms with E-state index in [1.807, 2.05) is 47.8 Å². The van der Waals surface area contributed by atoms with Gasteiger partial charge < -0.3 is 4.74 Å². The summed E-state index contributed by atoms with van der Waals surface area (Å²) in [5.74, 6) is 0.494. The van der Waals surface area contributed by atoms with E-state index in [4.69, 9.17) is 4.74 Å². The lowest BCUT2D eigenvalue weighted by atomic mass is 10.2. The van der Waals surface area contributed by atoms with Crippen LogP contribution in [0, 0.1) is 0 Å². The third kappa shape index (κ3) is 3.86. The van der Waals surface area contributed by atoms with Crippen molar-refractivity contribution in [3.8, 4) is 27.7 Å². The molecule has 4 rings (SSSR count). The average Bonchev–Trinajstić information content (AvgIpc) is 3.39. The van der Waals surface area contributed by atoms with E-state index in [2.05, 4.69) is 20.3 Å². The quantitative estimate of drug-likeness (QED) is 0.536. The molecule has 27 heavy (non-hydrogen) atoms. The molecule has 0 bridgehead atoms. The van der Waals surface area contributed by atoms with Crippen LogP contribution < -0.4 is 10.1 Å². The van der Waals surface area contributed by atoms with Crippen molar-refractivity contribution < 1.29 is 9.53 Å². The van der Waals surface area contributed by atoms with Gasteiger partial charge in [-0.3, -0.25) is 15.1 Å². The number of amides is 1. The largest absolute Gasteiger partial charge is 0.497 e. The second kappa shape index (κ2) is 7.65. The number of nitrogens with zero attached hydrogens (tertiary/aromatic N) is 3. The lowest BCUT2D eigenvalue weighted by Gasteiger charge is -2.00. The Morgan fingerprint density at radius 3 is 2.59 bits per heavy atom. The summed E-state index contributed by atoms with van der Waals surface area (Å²) in [5.41, 5.74) is 2.80. The van der Waals surface area contributed by atoms with Gasteiger partial charge in [-0.05, 0) is 36.4 Å². The molecular formula is C19H14N4O2S2. The lowest BCUT2D eigenvalue weighted by Crippen LogP contribution is -2.12. The molecule has 1 amide bonds. The third-order valence-electron chi connectivity index (χ3n) is 3.73. The number of carbonyl (C=O) groups excluding carboxylic acids is 1. The topological polar surface area (TPSA) is 77.0 Å². The molecule has 0 radical (unpaired) electrons. The maximum absolute atomic E-state index is 12.5. The van der Waals surface area contributed by atoms with Gasteiger partial charge in [-0.25, -0.2) is 9.97 Å². The molecule has 0 aliphatic carbocycles. The first-order valence-electron chi connectivity index (χ1n) is 8.01. The van der Waals surface area contributed by atoms with Gasteiger partial charge in [-0.1, -0.05) is 6.07 Å². The van der Waals surface area contributed by atoms with E-state index in [0.717, 1.165) is 27.7 Å². The predicted octanol–water partition coefficient (Wildman–Crippen LogP) is 4.59. The molecule has 0 unspecified atom stereocenters. The number of ether oxygens (including phenoxy) is 1. The lowest BCUT2D eigenvalue weighted by molar-refractivity contribution is 0.102. The van der Waals surface area contributed by atoms with Gasteiger partial charge >= 0.3 is 0 Å². The van der Waals surface area contributed by atoms with Crippen LogP contribution in [-0.2, 0) is 0 Å². The van der Waals surface area contributed by atoms with E-state index in [-0.39, 0.29) is 5.91 Å². The smallest absolute Gasteiger partial charge is 0.276 e. The van der Waals surface area contributed by atoms with E-state index in [1.54, 1.807) is 18.7 Å². The Labute approximate surface area is 163 Å². The highest BCUT2D eigenvalue weighted by atomic mass is 32.1. The van der Waals surface area contributed by atoms with Crippen molar-refractivity contribution in [2.45, 2.75) is 0 Å². The van der Waals surface area contributed by atoms with E-state index >= 15 is 0 Å². The molecular weight excluding hydrogens is 380 g/mol. The van der Waals surface area contributed by atoms with Crippen molar-refractivity contribution in [3.63, 3.8) is 0 Å². The Hall–Kier alpha value is -3.10. The van der Waals surface area contributed by atoms with Crippen LogP contribution in [0.4, 0.5) is 5.13 Å². The number of benzene rings is 1. The monoisotopic (exact) mass is 394 g/mol. The van der Waals surface area contributed by atoms with E-state index in [9.17, 15) is 4.79 Å². The fraction of sp³-hybridized carbons (Fsp3) is 0.0526. The second-order valence-electron chi connectivity index (χ2n) is 5.47. The summed E-state index contributed by atoms with van der Waals surface area (Å²) in [5, 5.41) is 7.69. The second-order valence-corrected chi connectivity index (χ2v) is 7.19. The summed E-state index contributed by atoms with van der Waals surface area (Å²) in [6.45, 7) is 0. The number of pyridine rings is 1. The van der Waals surface area contributed by atoms with E-state index in [1.165, 1.54) is 22.7 Å². The zero-order valence-corrected chi connectivity index (χ0v) is 15.9. The van der Waals surface area contributed by atoms with E-state index < -0.39 is 0 Å². The Kier molecular flexibility index (Phi) is 4.91. The summed E-state index contributed by atoms with van der Waals surface area (Å²) in [4.78, 5) is 25.6. The number of methoxy groups -OCH3 is 1.